The van der Waals surface area contributed by atoms with Gasteiger partial charge in [-0.05, 0) is 62.2 Å². The first-order valence-corrected chi connectivity index (χ1v) is 9.50. The number of anilines is 1. The van der Waals surface area contributed by atoms with Crippen molar-refractivity contribution in [1.29, 1.82) is 0 Å². The lowest BCUT2D eigenvalue weighted by atomic mass is 10.1. The summed E-state index contributed by atoms with van der Waals surface area (Å²) in [6, 6.07) is 16.9. The van der Waals surface area contributed by atoms with Crippen LogP contribution >= 0.6 is 11.6 Å². The lowest BCUT2D eigenvalue weighted by molar-refractivity contribution is 0.252. The minimum Gasteiger partial charge on any atom is -0.318 e. The largest absolute Gasteiger partial charge is 0.339 e. The third-order valence-electron chi connectivity index (χ3n) is 4.56. The zero-order chi connectivity index (χ0) is 20.1. The van der Waals surface area contributed by atoms with E-state index >= 15 is 0 Å². The van der Waals surface area contributed by atoms with Crippen molar-refractivity contribution in [2.45, 2.75) is 27.2 Å². The van der Waals surface area contributed by atoms with Crippen LogP contribution in [0.25, 0.3) is 5.69 Å². The van der Waals surface area contributed by atoms with E-state index in [1.165, 1.54) is 11.3 Å². The number of rotatable bonds is 5. The van der Waals surface area contributed by atoms with Crippen LogP contribution in [0.1, 0.15) is 29.4 Å². The second kappa shape index (κ2) is 8.76. The van der Waals surface area contributed by atoms with Crippen LogP contribution in [0.4, 0.5) is 10.5 Å². The highest BCUT2D eigenvalue weighted by molar-refractivity contribution is 6.30. The average molecular weight is 395 g/mol. The second-order valence-electron chi connectivity index (χ2n) is 6.48. The zero-order valence-electron chi connectivity index (χ0n) is 16.2. The molecule has 0 aliphatic carbocycles. The highest BCUT2D eigenvalue weighted by Gasteiger charge is 2.11. The Bertz CT molecular complexity index is 1010. The van der Waals surface area contributed by atoms with Gasteiger partial charge in [-0.15, -0.1) is 0 Å². The second-order valence-corrected chi connectivity index (χ2v) is 6.91. The van der Waals surface area contributed by atoms with E-state index < -0.39 is 6.03 Å². The van der Waals surface area contributed by atoms with Crippen molar-refractivity contribution in [3.05, 3.63) is 82.1 Å². The number of nitrogens with zero attached hydrogens (tertiary/aromatic N) is 2. The first-order chi connectivity index (χ1) is 13.5. The lowest BCUT2D eigenvalue weighted by Crippen LogP contribution is -2.24. The van der Waals surface area contributed by atoms with E-state index in [4.69, 9.17) is 11.6 Å². The predicted octanol–water partition coefficient (Wildman–Crippen LogP) is 5.47. The Hall–Kier alpha value is -3.05. The number of carbonyl (C=O) groups excluding carboxylic acids is 1. The number of hydrazone groups is 1. The summed E-state index contributed by atoms with van der Waals surface area (Å²) in [5, 5.41) is 7.40. The molecule has 3 rings (SSSR count). The Morgan fingerprint density at radius 1 is 1.14 bits per heavy atom. The first kappa shape index (κ1) is 19.7. The van der Waals surface area contributed by atoms with Gasteiger partial charge < -0.3 is 9.88 Å². The van der Waals surface area contributed by atoms with Crippen LogP contribution < -0.4 is 10.7 Å². The average Bonchev–Trinajstić information content (AvgIpc) is 2.97. The smallest absolute Gasteiger partial charge is 0.318 e. The first-order valence-electron chi connectivity index (χ1n) is 9.12. The van der Waals surface area contributed by atoms with Crippen molar-refractivity contribution in [3.8, 4) is 5.69 Å². The van der Waals surface area contributed by atoms with Crippen LogP contribution in [-0.2, 0) is 6.42 Å². The number of para-hydroxylation sites is 1. The monoisotopic (exact) mass is 394 g/mol. The molecule has 2 amide bonds. The van der Waals surface area contributed by atoms with Gasteiger partial charge in [0, 0.05) is 33.3 Å². The summed E-state index contributed by atoms with van der Waals surface area (Å²) in [4.78, 5) is 12.0. The van der Waals surface area contributed by atoms with Gasteiger partial charge in [-0.25, -0.2) is 10.2 Å². The van der Waals surface area contributed by atoms with Gasteiger partial charge in [-0.3, -0.25) is 0 Å². The standard InChI is InChI=1S/C22H23ClN4O/c1-4-17-7-5-6-8-21(17)27-15(2)13-18(16(27)3)14-24-26-22(28)25-20-11-9-19(23)10-12-20/h5-14H,4H2,1-3H3,(H2,25,26,28)/b24-14+. The minimum absolute atomic E-state index is 0.413. The number of hydrogen-bond acceptors (Lipinski definition) is 2. The SMILES string of the molecule is CCc1ccccc1-n1c(C)cc(/C=N/NC(=O)Nc2ccc(Cl)cc2)c1C. The molecular formula is C22H23ClN4O. The number of nitrogens with one attached hydrogen (secondary N) is 2. The Balaban J connectivity index is 1.73. The van der Waals surface area contributed by atoms with Crippen molar-refractivity contribution in [2.24, 2.45) is 5.10 Å². The Morgan fingerprint density at radius 3 is 2.57 bits per heavy atom. The van der Waals surface area contributed by atoms with Gasteiger partial charge in [0.15, 0.2) is 0 Å². The van der Waals surface area contributed by atoms with Gasteiger partial charge in [-0.2, -0.15) is 5.10 Å². The van der Waals surface area contributed by atoms with Gasteiger partial charge in [0.25, 0.3) is 0 Å². The highest BCUT2D eigenvalue weighted by atomic mass is 35.5. The normalized spacial score (nSPS) is 11.0. The molecular weight excluding hydrogens is 372 g/mol. The molecule has 0 spiro atoms. The predicted molar refractivity (Wildman–Crippen MR) is 116 cm³/mol. The summed E-state index contributed by atoms with van der Waals surface area (Å²) < 4.78 is 2.22. The maximum atomic E-state index is 12.0. The van der Waals surface area contributed by atoms with Crippen LogP contribution in [-0.4, -0.2) is 16.8 Å². The Labute approximate surface area is 170 Å². The molecule has 0 atom stereocenters. The summed E-state index contributed by atoms with van der Waals surface area (Å²) in [6.07, 6.45) is 2.62. The molecule has 144 valence electrons. The maximum absolute atomic E-state index is 12.0. The summed E-state index contributed by atoms with van der Waals surface area (Å²) in [6.45, 7) is 6.27. The van der Waals surface area contributed by atoms with E-state index in [1.807, 2.05) is 6.07 Å². The number of benzene rings is 2. The Kier molecular flexibility index (Phi) is 6.16. The molecule has 0 bridgehead atoms. The van der Waals surface area contributed by atoms with E-state index in [0.717, 1.165) is 23.4 Å². The van der Waals surface area contributed by atoms with Crippen LogP contribution in [0.2, 0.25) is 5.02 Å². The molecule has 28 heavy (non-hydrogen) atoms. The van der Waals surface area contributed by atoms with Crippen molar-refractivity contribution in [2.75, 3.05) is 5.32 Å². The Morgan fingerprint density at radius 2 is 1.86 bits per heavy atom. The van der Waals surface area contributed by atoms with E-state index in [9.17, 15) is 4.79 Å². The third-order valence-corrected chi connectivity index (χ3v) is 4.81. The van der Waals surface area contributed by atoms with E-state index in [2.05, 4.69) is 65.4 Å². The maximum Gasteiger partial charge on any atom is 0.339 e. The number of urea groups is 1. The topological polar surface area (TPSA) is 58.4 Å². The lowest BCUT2D eigenvalue weighted by Gasteiger charge is -2.13. The number of carbonyl (C=O) groups is 1. The molecule has 1 aromatic heterocycles. The summed E-state index contributed by atoms with van der Waals surface area (Å²) in [5.41, 5.74) is 8.74. The van der Waals surface area contributed by atoms with Crippen molar-refractivity contribution >= 4 is 29.5 Å². The molecule has 0 aliphatic rings. The van der Waals surface area contributed by atoms with E-state index in [1.54, 1.807) is 30.5 Å². The molecule has 2 N–H and O–H groups in total. The molecule has 2 aromatic carbocycles. The number of halogens is 1. The van der Waals surface area contributed by atoms with Crippen LogP contribution in [0.3, 0.4) is 0 Å². The van der Waals surface area contributed by atoms with Crippen LogP contribution in [0.15, 0.2) is 59.7 Å². The van der Waals surface area contributed by atoms with Gasteiger partial charge in [0.2, 0.25) is 0 Å². The molecule has 0 saturated carbocycles. The number of amides is 2. The highest BCUT2D eigenvalue weighted by Crippen LogP contribution is 2.23. The number of aryl methyl sites for hydroxylation is 2. The summed E-state index contributed by atoms with van der Waals surface area (Å²) >= 11 is 5.84. The van der Waals surface area contributed by atoms with Gasteiger partial charge in [0.05, 0.1) is 6.21 Å². The molecule has 0 fully saturated rings. The third kappa shape index (κ3) is 4.43. The van der Waals surface area contributed by atoms with Gasteiger partial charge in [-0.1, -0.05) is 36.7 Å². The molecule has 0 radical (unpaired) electrons. The fourth-order valence-electron chi connectivity index (χ4n) is 3.17. The fraction of sp³-hybridized carbons (Fsp3) is 0.182. The van der Waals surface area contributed by atoms with Crippen LogP contribution in [0.5, 0.6) is 0 Å². The van der Waals surface area contributed by atoms with E-state index in [-0.39, 0.29) is 0 Å². The van der Waals surface area contributed by atoms with Crippen molar-refractivity contribution in [3.63, 3.8) is 0 Å². The van der Waals surface area contributed by atoms with Gasteiger partial charge in [0.1, 0.15) is 0 Å². The molecule has 0 aliphatic heterocycles. The van der Waals surface area contributed by atoms with E-state index in [0.29, 0.717) is 10.7 Å². The summed E-state index contributed by atoms with van der Waals surface area (Å²) in [7, 11) is 0. The van der Waals surface area contributed by atoms with Crippen LogP contribution in [0, 0.1) is 13.8 Å². The molecule has 3 aromatic rings. The minimum atomic E-state index is -0.413. The summed E-state index contributed by atoms with van der Waals surface area (Å²) in [5.74, 6) is 0. The van der Waals surface area contributed by atoms with Crippen molar-refractivity contribution in [1.82, 2.24) is 9.99 Å². The fourth-order valence-corrected chi connectivity index (χ4v) is 3.30. The molecule has 0 saturated heterocycles. The van der Waals surface area contributed by atoms with Gasteiger partial charge >= 0.3 is 6.03 Å². The molecule has 0 unspecified atom stereocenters. The molecule has 1 heterocycles. The molecule has 6 heteroatoms. The number of hydrogen-bond donors (Lipinski definition) is 2. The quantitative estimate of drug-likeness (QED) is 0.437. The molecule has 5 nitrogen and oxygen atoms in total. The van der Waals surface area contributed by atoms with Crippen molar-refractivity contribution < 1.29 is 4.79 Å². The number of aromatic nitrogens is 1. The zero-order valence-corrected chi connectivity index (χ0v) is 16.9.